The highest BCUT2D eigenvalue weighted by Crippen LogP contribution is 2.01. The zero-order chi connectivity index (χ0) is 10.9. The molecule has 1 rings (SSSR count). The maximum Gasteiger partial charge on any atom is 0.0698 e. The van der Waals surface area contributed by atoms with E-state index in [0.717, 1.165) is 18.8 Å². The monoisotopic (exact) mass is 210 g/mol. The minimum Gasteiger partial charge on any atom is -0.394 e. The third kappa shape index (κ3) is 4.88. The Morgan fingerprint density at radius 3 is 3.07 bits per heavy atom. The van der Waals surface area contributed by atoms with Crippen molar-refractivity contribution in [1.82, 2.24) is 10.3 Å². The maximum absolute atomic E-state index is 8.48. The summed E-state index contributed by atoms with van der Waals surface area (Å²) in [5.74, 6) is 0. The number of rotatable bonds is 7. The number of nitrogens with one attached hydrogen (secondary N) is 1. The van der Waals surface area contributed by atoms with E-state index in [-0.39, 0.29) is 6.61 Å². The van der Waals surface area contributed by atoms with Crippen LogP contribution >= 0.6 is 0 Å². The first-order valence-corrected chi connectivity index (χ1v) is 5.14. The van der Waals surface area contributed by atoms with Crippen LogP contribution in [0.2, 0.25) is 0 Å². The molecule has 0 aliphatic carbocycles. The van der Waals surface area contributed by atoms with Gasteiger partial charge in [0.15, 0.2) is 0 Å². The molecule has 0 unspecified atom stereocenters. The SMILES string of the molecule is Cc1ncccc1CNCCOCCO. The highest BCUT2D eigenvalue weighted by atomic mass is 16.5. The second kappa shape index (κ2) is 7.34. The van der Waals surface area contributed by atoms with E-state index in [1.54, 1.807) is 6.20 Å². The zero-order valence-electron chi connectivity index (χ0n) is 9.07. The molecule has 0 amide bonds. The van der Waals surface area contributed by atoms with Crippen molar-refractivity contribution in [2.24, 2.45) is 0 Å². The van der Waals surface area contributed by atoms with Crippen LogP contribution in [0.25, 0.3) is 0 Å². The molecule has 0 bridgehead atoms. The van der Waals surface area contributed by atoms with Gasteiger partial charge in [-0.3, -0.25) is 4.98 Å². The van der Waals surface area contributed by atoms with Gasteiger partial charge in [-0.25, -0.2) is 0 Å². The number of hydrogen-bond donors (Lipinski definition) is 2. The highest BCUT2D eigenvalue weighted by molar-refractivity contribution is 5.17. The fraction of sp³-hybridized carbons (Fsp3) is 0.545. The largest absolute Gasteiger partial charge is 0.394 e. The zero-order valence-corrected chi connectivity index (χ0v) is 9.07. The van der Waals surface area contributed by atoms with Gasteiger partial charge in [0.25, 0.3) is 0 Å². The summed E-state index contributed by atoms with van der Waals surface area (Å²) in [7, 11) is 0. The second-order valence-electron chi connectivity index (χ2n) is 3.26. The lowest BCUT2D eigenvalue weighted by atomic mass is 10.2. The Hall–Kier alpha value is -0.970. The number of ether oxygens (including phenoxy) is 1. The average molecular weight is 210 g/mol. The van der Waals surface area contributed by atoms with Crippen LogP contribution in [0, 0.1) is 6.92 Å². The maximum atomic E-state index is 8.48. The van der Waals surface area contributed by atoms with E-state index in [2.05, 4.69) is 16.4 Å². The lowest BCUT2D eigenvalue weighted by molar-refractivity contribution is 0.0938. The second-order valence-corrected chi connectivity index (χ2v) is 3.26. The van der Waals surface area contributed by atoms with Gasteiger partial charge in [-0.1, -0.05) is 6.07 Å². The first-order valence-electron chi connectivity index (χ1n) is 5.14. The highest BCUT2D eigenvalue weighted by Gasteiger charge is 1.96. The first kappa shape index (κ1) is 12.1. The molecule has 0 atom stereocenters. The van der Waals surface area contributed by atoms with Gasteiger partial charge in [0, 0.05) is 25.0 Å². The molecule has 15 heavy (non-hydrogen) atoms. The third-order valence-corrected chi connectivity index (χ3v) is 2.09. The van der Waals surface area contributed by atoms with Gasteiger partial charge in [-0.2, -0.15) is 0 Å². The van der Waals surface area contributed by atoms with Crippen molar-refractivity contribution in [3.63, 3.8) is 0 Å². The van der Waals surface area contributed by atoms with Gasteiger partial charge >= 0.3 is 0 Å². The molecule has 2 N–H and O–H groups in total. The Morgan fingerprint density at radius 1 is 1.47 bits per heavy atom. The van der Waals surface area contributed by atoms with Crippen LogP contribution in [0.4, 0.5) is 0 Å². The molecule has 0 aliphatic heterocycles. The summed E-state index contributed by atoms with van der Waals surface area (Å²) in [5, 5.41) is 11.7. The number of aromatic nitrogens is 1. The number of aryl methyl sites for hydroxylation is 1. The standard InChI is InChI=1S/C11H18N2O2/c1-10-11(3-2-4-13-10)9-12-5-7-15-8-6-14/h2-4,12,14H,5-9H2,1H3. The number of aliphatic hydroxyl groups is 1. The van der Waals surface area contributed by atoms with E-state index in [1.807, 2.05) is 13.0 Å². The molecule has 4 heteroatoms. The number of nitrogens with zero attached hydrogens (tertiary/aromatic N) is 1. The van der Waals surface area contributed by atoms with Crippen molar-refractivity contribution < 1.29 is 9.84 Å². The summed E-state index contributed by atoms with van der Waals surface area (Å²) >= 11 is 0. The molecule has 0 saturated heterocycles. The molecule has 0 saturated carbocycles. The Labute approximate surface area is 90.3 Å². The Bertz CT molecular complexity index is 279. The Kier molecular flexibility index (Phi) is 5.92. The molecular formula is C11H18N2O2. The average Bonchev–Trinajstić information content (AvgIpc) is 2.25. The molecular weight excluding hydrogens is 192 g/mol. The topological polar surface area (TPSA) is 54.4 Å². The van der Waals surface area contributed by atoms with E-state index >= 15 is 0 Å². The smallest absolute Gasteiger partial charge is 0.0698 e. The summed E-state index contributed by atoms with van der Waals surface area (Å²) in [6, 6.07) is 4.00. The summed E-state index contributed by atoms with van der Waals surface area (Å²) in [6.07, 6.45) is 1.79. The lowest BCUT2D eigenvalue weighted by Crippen LogP contribution is -2.20. The molecule has 0 spiro atoms. The van der Waals surface area contributed by atoms with E-state index in [4.69, 9.17) is 9.84 Å². The summed E-state index contributed by atoms with van der Waals surface area (Å²) in [5.41, 5.74) is 2.26. The van der Waals surface area contributed by atoms with Gasteiger partial charge in [-0.05, 0) is 18.6 Å². The van der Waals surface area contributed by atoms with Crippen molar-refractivity contribution in [3.05, 3.63) is 29.6 Å². The predicted octanol–water partition coefficient (Wildman–Crippen LogP) is 0.489. The van der Waals surface area contributed by atoms with Gasteiger partial charge in [0.05, 0.1) is 19.8 Å². The predicted molar refractivity (Wildman–Crippen MR) is 58.6 cm³/mol. The van der Waals surface area contributed by atoms with Crippen LogP contribution in [-0.2, 0) is 11.3 Å². The van der Waals surface area contributed by atoms with Crippen LogP contribution in [0.15, 0.2) is 18.3 Å². The molecule has 0 aliphatic rings. The van der Waals surface area contributed by atoms with Crippen molar-refractivity contribution >= 4 is 0 Å². The minimum absolute atomic E-state index is 0.0850. The van der Waals surface area contributed by atoms with E-state index < -0.39 is 0 Å². The molecule has 0 aromatic carbocycles. The number of hydrogen-bond acceptors (Lipinski definition) is 4. The van der Waals surface area contributed by atoms with Crippen LogP contribution in [0.1, 0.15) is 11.3 Å². The minimum atomic E-state index is 0.0850. The van der Waals surface area contributed by atoms with Crippen molar-refractivity contribution in [2.45, 2.75) is 13.5 Å². The fourth-order valence-electron chi connectivity index (χ4n) is 1.24. The molecule has 1 heterocycles. The van der Waals surface area contributed by atoms with Crippen LogP contribution in [-0.4, -0.2) is 36.5 Å². The third-order valence-electron chi connectivity index (χ3n) is 2.09. The Morgan fingerprint density at radius 2 is 2.33 bits per heavy atom. The quantitative estimate of drug-likeness (QED) is 0.643. The summed E-state index contributed by atoms with van der Waals surface area (Å²) in [6.45, 7) is 4.71. The molecule has 4 nitrogen and oxygen atoms in total. The van der Waals surface area contributed by atoms with E-state index in [1.165, 1.54) is 5.56 Å². The van der Waals surface area contributed by atoms with E-state index in [9.17, 15) is 0 Å². The first-order chi connectivity index (χ1) is 7.34. The molecule has 84 valence electrons. The lowest BCUT2D eigenvalue weighted by Gasteiger charge is -2.06. The summed E-state index contributed by atoms with van der Waals surface area (Å²) in [4.78, 5) is 4.20. The van der Waals surface area contributed by atoms with Crippen molar-refractivity contribution in [1.29, 1.82) is 0 Å². The van der Waals surface area contributed by atoms with Crippen molar-refractivity contribution in [2.75, 3.05) is 26.4 Å². The van der Waals surface area contributed by atoms with Crippen molar-refractivity contribution in [3.8, 4) is 0 Å². The van der Waals surface area contributed by atoms with Gasteiger partial charge in [-0.15, -0.1) is 0 Å². The number of pyridine rings is 1. The van der Waals surface area contributed by atoms with Gasteiger partial charge in [0.1, 0.15) is 0 Å². The number of aliphatic hydroxyl groups excluding tert-OH is 1. The molecule has 0 radical (unpaired) electrons. The van der Waals surface area contributed by atoms with Crippen LogP contribution in [0.3, 0.4) is 0 Å². The normalized spacial score (nSPS) is 10.5. The molecule has 0 fully saturated rings. The van der Waals surface area contributed by atoms with Crippen LogP contribution < -0.4 is 5.32 Å². The van der Waals surface area contributed by atoms with Crippen LogP contribution in [0.5, 0.6) is 0 Å². The molecule has 1 aromatic rings. The molecule has 1 aromatic heterocycles. The Balaban J connectivity index is 2.12. The summed E-state index contributed by atoms with van der Waals surface area (Å²) < 4.78 is 5.12. The van der Waals surface area contributed by atoms with Gasteiger partial charge < -0.3 is 15.2 Å². The fourth-order valence-corrected chi connectivity index (χ4v) is 1.24. The van der Waals surface area contributed by atoms with E-state index in [0.29, 0.717) is 13.2 Å². The van der Waals surface area contributed by atoms with Gasteiger partial charge in [0.2, 0.25) is 0 Å².